The van der Waals surface area contributed by atoms with Gasteiger partial charge in [0.2, 0.25) is 0 Å². The van der Waals surface area contributed by atoms with E-state index in [-0.39, 0.29) is 18.1 Å². The Balaban J connectivity index is 2.64. The number of benzene rings is 1. The van der Waals surface area contributed by atoms with Crippen molar-refractivity contribution in [2.75, 3.05) is 27.4 Å². The average Bonchev–Trinajstić information content (AvgIpc) is 2.41. The van der Waals surface area contributed by atoms with Gasteiger partial charge in [0.05, 0.1) is 7.11 Å². The molecule has 20 heavy (non-hydrogen) atoms. The third-order valence-electron chi connectivity index (χ3n) is 2.22. The Kier molecular flexibility index (Phi) is 5.63. The van der Waals surface area contributed by atoms with Crippen molar-refractivity contribution in [3.63, 3.8) is 0 Å². The third-order valence-corrected chi connectivity index (χ3v) is 2.22. The van der Waals surface area contributed by atoms with Gasteiger partial charge in [0.25, 0.3) is 5.91 Å². The van der Waals surface area contributed by atoms with Gasteiger partial charge in [0, 0.05) is 7.05 Å². The van der Waals surface area contributed by atoms with Crippen molar-refractivity contribution in [1.82, 2.24) is 5.06 Å². The number of hydrogen-bond donors (Lipinski definition) is 0. The van der Waals surface area contributed by atoms with Crippen LogP contribution in [0.5, 0.6) is 11.5 Å². The van der Waals surface area contributed by atoms with Gasteiger partial charge in [-0.3, -0.25) is 9.63 Å². The molecule has 0 fully saturated rings. The molecule has 0 aliphatic carbocycles. The highest BCUT2D eigenvalue weighted by molar-refractivity contribution is 5.76. The quantitative estimate of drug-likeness (QED) is 0.753. The monoisotopic (exact) mass is 293 g/mol. The lowest BCUT2D eigenvalue weighted by Crippen LogP contribution is -2.30. The van der Waals surface area contributed by atoms with Gasteiger partial charge in [0.15, 0.2) is 24.7 Å². The minimum Gasteiger partial charge on any atom is -0.480 e. The lowest BCUT2D eigenvalue weighted by atomic mass is 10.3. The molecule has 1 aromatic carbocycles. The standard InChI is InChI=1S/C12H14F3NO4/c1-16(18-2)11(17)7-19-9-5-3-4-6-10(9)20-8-12(13,14)15/h3-6H,7-8H2,1-2H3. The molecule has 0 unspecified atom stereocenters. The van der Waals surface area contributed by atoms with E-state index >= 15 is 0 Å². The molecule has 0 aromatic heterocycles. The van der Waals surface area contributed by atoms with E-state index in [0.717, 1.165) is 5.06 Å². The van der Waals surface area contributed by atoms with E-state index in [4.69, 9.17) is 4.74 Å². The van der Waals surface area contributed by atoms with Crippen LogP contribution in [0.15, 0.2) is 24.3 Å². The number of ether oxygens (including phenoxy) is 2. The molecule has 1 aromatic rings. The lowest BCUT2D eigenvalue weighted by Gasteiger charge is -2.16. The first-order valence-corrected chi connectivity index (χ1v) is 5.55. The molecule has 0 aliphatic heterocycles. The van der Waals surface area contributed by atoms with Gasteiger partial charge < -0.3 is 9.47 Å². The Morgan fingerprint density at radius 2 is 1.75 bits per heavy atom. The number of nitrogens with zero attached hydrogens (tertiary/aromatic N) is 1. The zero-order chi connectivity index (χ0) is 15.2. The van der Waals surface area contributed by atoms with Crippen molar-refractivity contribution in [2.45, 2.75) is 6.18 Å². The van der Waals surface area contributed by atoms with Crippen LogP contribution in [0.1, 0.15) is 0 Å². The van der Waals surface area contributed by atoms with E-state index in [0.29, 0.717) is 0 Å². The van der Waals surface area contributed by atoms with Crippen LogP contribution in [0.4, 0.5) is 13.2 Å². The van der Waals surface area contributed by atoms with Gasteiger partial charge in [-0.2, -0.15) is 13.2 Å². The number of rotatable bonds is 6. The highest BCUT2D eigenvalue weighted by Gasteiger charge is 2.29. The fourth-order valence-corrected chi connectivity index (χ4v) is 1.18. The van der Waals surface area contributed by atoms with Crippen molar-refractivity contribution < 1.29 is 32.3 Å². The van der Waals surface area contributed by atoms with Crippen LogP contribution in [0.25, 0.3) is 0 Å². The van der Waals surface area contributed by atoms with E-state index in [2.05, 4.69) is 9.57 Å². The first-order chi connectivity index (χ1) is 9.33. The van der Waals surface area contributed by atoms with Crippen molar-refractivity contribution in [3.05, 3.63) is 24.3 Å². The Bertz CT molecular complexity index is 451. The van der Waals surface area contributed by atoms with Gasteiger partial charge in [0.1, 0.15) is 0 Å². The second kappa shape index (κ2) is 6.99. The second-order valence-electron chi connectivity index (χ2n) is 3.71. The Morgan fingerprint density at radius 1 is 1.20 bits per heavy atom. The predicted octanol–water partition coefficient (Wildman–Crippen LogP) is 2.03. The summed E-state index contributed by atoms with van der Waals surface area (Å²) in [6, 6.07) is 5.79. The summed E-state index contributed by atoms with van der Waals surface area (Å²) in [6.07, 6.45) is -4.45. The lowest BCUT2D eigenvalue weighted by molar-refractivity contribution is -0.170. The highest BCUT2D eigenvalue weighted by atomic mass is 19.4. The van der Waals surface area contributed by atoms with Crippen LogP contribution in [0.2, 0.25) is 0 Å². The number of alkyl halides is 3. The molecule has 0 atom stereocenters. The van der Waals surface area contributed by atoms with Gasteiger partial charge >= 0.3 is 6.18 Å². The smallest absolute Gasteiger partial charge is 0.422 e. The van der Waals surface area contributed by atoms with Gasteiger partial charge in [-0.05, 0) is 12.1 Å². The number of carbonyl (C=O) groups is 1. The van der Waals surface area contributed by atoms with E-state index in [1.807, 2.05) is 0 Å². The first-order valence-electron chi connectivity index (χ1n) is 5.55. The van der Waals surface area contributed by atoms with Crippen molar-refractivity contribution in [1.29, 1.82) is 0 Å². The Labute approximate surface area is 113 Å². The molecule has 8 heteroatoms. The summed E-state index contributed by atoms with van der Waals surface area (Å²) in [7, 11) is 2.69. The molecule has 0 aliphatic rings. The number of carbonyl (C=O) groups excluding carboxylic acids is 1. The third kappa shape index (κ3) is 5.35. The van der Waals surface area contributed by atoms with Crippen LogP contribution < -0.4 is 9.47 Å². The van der Waals surface area contributed by atoms with E-state index < -0.39 is 18.7 Å². The summed E-state index contributed by atoms with van der Waals surface area (Å²) in [5.41, 5.74) is 0. The summed E-state index contributed by atoms with van der Waals surface area (Å²) < 4.78 is 46.0. The molecule has 0 spiro atoms. The Morgan fingerprint density at radius 3 is 2.25 bits per heavy atom. The largest absolute Gasteiger partial charge is 0.480 e. The van der Waals surface area contributed by atoms with Crippen molar-refractivity contribution in [3.8, 4) is 11.5 Å². The molecule has 1 rings (SSSR count). The second-order valence-corrected chi connectivity index (χ2v) is 3.71. The molecular weight excluding hydrogens is 279 g/mol. The minimum absolute atomic E-state index is 0.0506. The molecule has 0 N–H and O–H groups in total. The number of hydroxylamine groups is 2. The molecule has 112 valence electrons. The fraction of sp³-hybridized carbons (Fsp3) is 0.417. The van der Waals surface area contributed by atoms with Gasteiger partial charge in [-0.25, -0.2) is 5.06 Å². The summed E-state index contributed by atoms with van der Waals surface area (Å²) in [5, 5.41) is 0.944. The SMILES string of the molecule is CON(C)C(=O)COc1ccccc1OCC(F)(F)F. The summed E-state index contributed by atoms with van der Waals surface area (Å²) >= 11 is 0. The number of halogens is 3. The zero-order valence-corrected chi connectivity index (χ0v) is 10.9. The van der Waals surface area contributed by atoms with Crippen LogP contribution >= 0.6 is 0 Å². The molecular formula is C12H14F3NO4. The summed E-state index contributed by atoms with van der Waals surface area (Å²) in [6.45, 7) is -1.81. The number of likely N-dealkylation sites (N-methyl/N-ethyl adjacent to an activating group) is 1. The van der Waals surface area contributed by atoms with Crippen LogP contribution in [0.3, 0.4) is 0 Å². The molecule has 0 radical (unpaired) electrons. The van der Waals surface area contributed by atoms with Crippen LogP contribution in [-0.4, -0.2) is 44.5 Å². The van der Waals surface area contributed by atoms with Crippen molar-refractivity contribution >= 4 is 5.91 Å². The van der Waals surface area contributed by atoms with E-state index in [1.54, 1.807) is 6.07 Å². The molecule has 0 heterocycles. The van der Waals surface area contributed by atoms with Crippen LogP contribution in [0, 0.1) is 0 Å². The fourth-order valence-electron chi connectivity index (χ4n) is 1.18. The average molecular weight is 293 g/mol. The molecule has 0 saturated heterocycles. The van der Waals surface area contributed by atoms with E-state index in [1.165, 1.54) is 32.4 Å². The maximum atomic E-state index is 12.1. The Hall–Kier alpha value is -1.96. The first kappa shape index (κ1) is 16.1. The minimum atomic E-state index is -4.45. The van der Waals surface area contributed by atoms with Gasteiger partial charge in [-0.15, -0.1) is 0 Å². The number of amides is 1. The maximum absolute atomic E-state index is 12.1. The molecule has 0 bridgehead atoms. The normalized spacial score (nSPS) is 11.1. The van der Waals surface area contributed by atoms with E-state index in [9.17, 15) is 18.0 Å². The molecule has 1 amide bonds. The van der Waals surface area contributed by atoms with Crippen molar-refractivity contribution in [2.24, 2.45) is 0 Å². The summed E-state index contributed by atoms with van der Waals surface area (Å²) in [5.74, 6) is -0.523. The van der Waals surface area contributed by atoms with Gasteiger partial charge in [-0.1, -0.05) is 12.1 Å². The molecule has 5 nitrogen and oxygen atoms in total. The molecule has 0 saturated carbocycles. The summed E-state index contributed by atoms with van der Waals surface area (Å²) in [4.78, 5) is 16.1. The number of hydrogen-bond acceptors (Lipinski definition) is 4. The predicted molar refractivity (Wildman–Crippen MR) is 63.3 cm³/mol. The number of para-hydroxylation sites is 2. The maximum Gasteiger partial charge on any atom is 0.422 e. The highest BCUT2D eigenvalue weighted by Crippen LogP contribution is 2.28. The zero-order valence-electron chi connectivity index (χ0n) is 10.9. The topological polar surface area (TPSA) is 48.0 Å². The van der Waals surface area contributed by atoms with Crippen LogP contribution in [-0.2, 0) is 9.63 Å².